The second-order valence-corrected chi connectivity index (χ2v) is 6.00. The van der Waals surface area contributed by atoms with Gasteiger partial charge in [-0.1, -0.05) is 0 Å². The molecule has 0 amide bonds. The number of ether oxygens (including phenoxy) is 1. The Hall–Kier alpha value is -0.0800. The summed E-state index contributed by atoms with van der Waals surface area (Å²) in [7, 11) is 0. The maximum Gasteiger partial charge on any atom is 0.143 e. The lowest BCUT2D eigenvalue weighted by Gasteiger charge is -2.92. The van der Waals surface area contributed by atoms with Gasteiger partial charge in [-0.15, -0.1) is 0 Å². The number of rotatable bonds is 3. The van der Waals surface area contributed by atoms with Crippen molar-refractivity contribution >= 4 is 0 Å². The van der Waals surface area contributed by atoms with E-state index in [1.165, 1.54) is 25.7 Å². The Labute approximate surface area is 84.6 Å². The minimum absolute atomic E-state index is 0.0982. The molecule has 2 nitrogen and oxygen atoms in total. The van der Waals surface area contributed by atoms with Gasteiger partial charge in [0, 0.05) is 5.41 Å². The second-order valence-electron chi connectivity index (χ2n) is 6.00. The zero-order chi connectivity index (χ0) is 9.55. The fourth-order valence-electron chi connectivity index (χ4n) is 5.98. The van der Waals surface area contributed by atoms with Crippen LogP contribution in [0.5, 0.6) is 0 Å². The molecule has 4 aliphatic carbocycles. The molecule has 0 aromatic rings. The summed E-state index contributed by atoms with van der Waals surface area (Å²) >= 11 is 0. The first-order valence-electron chi connectivity index (χ1n) is 5.98. The highest BCUT2D eigenvalue weighted by Crippen LogP contribution is 2.93. The quantitative estimate of drug-likeness (QED) is 0.694. The van der Waals surface area contributed by atoms with Crippen LogP contribution in [0.25, 0.3) is 0 Å². The van der Waals surface area contributed by atoms with Gasteiger partial charge in [-0.2, -0.15) is 0 Å². The average Bonchev–Trinajstić information content (AvgIpc) is 1.98. The summed E-state index contributed by atoms with van der Waals surface area (Å²) in [5.41, 5.74) is 1.24. The molecule has 1 spiro atoms. The van der Waals surface area contributed by atoms with E-state index in [1.807, 2.05) is 0 Å². The van der Waals surface area contributed by atoms with Crippen LogP contribution in [0.2, 0.25) is 0 Å². The highest BCUT2D eigenvalue weighted by atomic mass is 16.6. The molecule has 1 N–H and O–H groups in total. The van der Waals surface area contributed by atoms with Crippen molar-refractivity contribution in [2.45, 2.75) is 38.7 Å². The second kappa shape index (κ2) is 2.05. The number of aliphatic hydroxyl groups is 1. The van der Waals surface area contributed by atoms with Crippen LogP contribution in [-0.4, -0.2) is 18.0 Å². The molecule has 4 saturated carbocycles. The van der Waals surface area contributed by atoms with E-state index in [4.69, 9.17) is 9.84 Å². The van der Waals surface area contributed by atoms with Gasteiger partial charge in [-0.05, 0) is 55.8 Å². The number of hydrogen-bond acceptors (Lipinski definition) is 2. The Bertz CT molecular complexity index is 273. The summed E-state index contributed by atoms with van der Waals surface area (Å²) in [6.07, 6.45) is 6.08. The first kappa shape index (κ1) is 8.12. The molecule has 0 aromatic heterocycles. The summed E-state index contributed by atoms with van der Waals surface area (Å²) in [5, 5.41) is 8.85. The lowest BCUT2D eigenvalue weighted by molar-refractivity contribution is -0.454. The van der Waals surface area contributed by atoms with E-state index in [0.717, 1.165) is 23.2 Å². The third kappa shape index (κ3) is 0.489. The molecule has 0 saturated heterocycles. The fraction of sp³-hybridized carbons (Fsp3) is 1.00. The molecule has 2 heteroatoms. The monoisotopic (exact) mass is 194 g/mol. The molecular formula is C12H18O2. The van der Waals surface area contributed by atoms with E-state index >= 15 is 0 Å². The van der Waals surface area contributed by atoms with E-state index in [1.54, 1.807) is 0 Å². The van der Waals surface area contributed by atoms with Gasteiger partial charge < -0.3 is 9.84 Å². The Balaban J connectivity index is 1.62. The first-order chi connectivity index (χ1) is 6.75. The third-order valence-corrected chi connectivity index (χ3v) is 6.35. The average molecular weight is 194 g/mol. The SMILES string of the molecule is CC(OCO)C12CC3CC4CC(C1)C432. The van der Waals surface area contributed by atoms with E-state index < -0.39 is 0 Å². The summed E-state index contributed by atoms with van der Waals surface area (Å²) in [6.45, 7) is 2.07. The topological polar surface area (TPSA) is 29.5 Å². The molecule has 4 fully saturated rings. The van der Waals surface area contributed by atoms with Gasteiger partial charge >= 0.3 is 0 Å². The molecule has 3 atom stereocenters. The predicted octanol–water partition coefficient (Wildman–Crippen LogP) is 1.78. The van der Waals surface area contributed by atoms with Crippen LogP contribution in [0.4, 0.5) is 0 Å². The summed E-state index contributed by atoms with van der Waals surface area (Å²) in [5.74, 6) is 3.14. The standard InChI is InChI=1S/C12H18O2/c1-7(14-6-13)11-4-9-2-8-3-10(5-11)12(8,9)11/h7-10,13H,2-6H2,1H3. The summed E-state index contributed by atoms with van der Waals surface area (Å²) < 4.78 is 5.44. The van der Waals surface area contributed by atoms with Crippen molar-refractivity contribution in [1.29, 1.82) is 0 Å². The van der Waals surface area contributed by atoms with Crippen molar-refractivity contribution < 1.29 is 9.84 Å². The van der Waals surface area contributed by atoms with Crippen molar-refractivity contribution in [2.75, 3.05) is 6.79 Å². The molecule has 0 radical (unpaired) electrons. The van der Waals surface area contributed by atoms with Crippen LogP contribution in [-0.2, 0) is 4.74 Å². The highest BCUT2D eigenvalue weighted by Gasteiger charge is 2.88. The molecule has 0 aromatic carbocycles. The minimum atomic E-state index is -0.0982. The molecule has 3 unspecified atom stereocenters. The van der Waals surface area contributed by atoms with Crippen molar-refractivity contribution in [1.82, 2.24) is 0 Å². The lowest BCUT2D eigenvalue weighted by atomic mass is 9.12. The van der Waals surface area contributed by atoms with Gasteiger partial charge in [-0.25, -0.2) is 0 Å². The zero-order valence-electron chi connectivity index (χ0n) is 8.70. The molecule has 0 heterocycles. The fourth-order valence-corrected chi connectivity index (χ4v) is 5.98. The summed E-state index contributed by atoms with van der Waals surface area (Å²) in [6, 6.07) is 0. The van der Waals surface area contributed by atoms with Crippen LogP contribution >= 0.6 is 0 Å². The van der Waals surface area contributed by atoms with Gasteiger partial charge in [-0.3, -0.25) is 0 Å². The predicted molar refractivity (Wildman–Crippen MR) is 51.4 cm³/mol. The lowest BCUT2D eigenvalue weighted by Crippen LogP contribution is -2.87. The van der Waals surface area contributed by atoms with Crippen molar-refractivity contribution in [2.24, 2.45) is 28.6 Å². The van der Waals surface area contributed by atoms with E-state index in [9.17, 15) is 0 Å². The molecule has 4 rings (SSSR count). The third-order valence-electron chi connectivity index (χ3n) is 6.35. The van der Waals surface area contributed by atoms with E-state index in [-0.39, 0.29) is 6.79 Å². The van der Waals surface area contributed by atoms with Gasteiger partial charge in [0.05, 0.1) is 6.10 Å². The number of hydrogen-bond donors (Lipinski definition) is 1. The largest absolute Gasteiger partial charge is 0.371 e. The Morgan fingerprint density at radius 3 is 2.36 bits per heavy atom. The van der Waals surface area contributed by atoms with E-state index in [0.29, 0.717) is 11.5 Å². The van der Waals surface area contributed by atoms with Gasteiger partial charge in [0.15, 0.2) is 0 Å². The summed E-state index contributed by atoms with van der Waals surface area (Å²) in [4.78, 5) is 0. The van der Waals surface area contributed by atoms with Crippen molar-refractivity contribution in [3.63, 3.8) is 0 Å². The molecule has 0 bridgehead atoms. The molecule has 4 aliphatic rings. The van der Waals surface area contributed by atoms with Crippen molar-refractivity contribution in [3.05, 3.63) is 0 Å². The highest BCUT2D eigenvalue weighted by molar-refractivity contribution is 5.36. The molecule has 14 heavy (non-hydrogen) atoms. The van der Waals surface area contributed by atoms with Crippen molar-refractivity contribution in [3.8, 4) is 0 Å². The molecular weight excluding hydrogens is 176 g/mol. The first-order valence-corrected chi connectivity index (χ1v) is 5.98. The maximum absolute atomic E-state index is 8.85. The maximum atomic E-state index is 8.85. The van der Waals surface area contributed by atoms with Crippen LogP contribution in [0.3, 0.4) is 0 Å². The molecule has 78 valence electrons. The Morgan fingerprint density at radius 1 is 1.29 bits per heavy atom. The van der Waals surface area contributed by atoms with E-state index in [2.05, 4.69) is 6.92 Å². The zero-order valence-corrected chi connectivity index (χ0v) is 8.70. The Morgan fingerprint density at radius 2 is 1.93 bits per heavy atom. The molecule has 0 aliphatic heterocycles. The van der Waals surface area contributed by atoms with Crippen LogP contribution < -0.4 is 0 Å². The van der Waals surface area contributed by atoms with Gasteiger partial charge in [0.1, 0.15) is 6.79 Å². The van der Waals surface area contributed by atoms with Crippen LogP contribution in [0, 0.1) is 28.6 Å². The van der Waals surface area contributed by atoms with Gasteiger partial charge in [0.2, 0.25) is 0 Å². The van der Waals surface area contributed by atoms with Gasteiger partial charge in [0.25, 0.3) is 0 Å². The smallest absolute Gasteiger partial charge is 0.143 e. The normalized spacial score (nSPS) is 63.4. The van der Waals surface area contributed by atoms with Crippen LogP contribution in [0.1, 0.15) is 32.6 Å². The number of aliphatic hydroxyl groups excluding tert-OH is 1. The van der Waals surface area contributed by atoms with Crippen LogP contribution in [0.15, 0.2) is 0 Å². The Kier molecular flexibility index (Phi) is 1.19. The minimum Gasteiger partial charge on any atom is -0.371 e.